The summed E-state index contributed by atoms with van der Waals surface area (Å²) in [6, 6.07) is 5.55. The highest BCUT2D eigenvalue weighted by Crippen LogP contribution is 2.31. The average molecular weight is 302 g/mol. The quantitative estimate of drug-likeness (QED) is 0.944. The van der Waals surface area contributed by atoms with Crippen molar-refractivity contribution in [3.8, 4) is 0 Å². The Hall–Kier alpha value is -1.88. The number of hydrogen-bond acceptors (Lipinski definition) is 4. The third-order valence-electron chi connectivity index (χ3n) is 3.98. The van der Waals surface area contributed by atoms with E-state index in [1.54, 1.807) is 17.4 Å². The highest BCUT2D eigenvalue weighted by atomic mass is 32.1. The number of thiazole rings is 1. The van der Waals surface area contributed by atoms with Gasteiger partial charge in [0.05, 0.1) is 17.8 Å². The Balaban J connectivity index is 1.93. The largest absolute Gasteiger partial charge is 0.478 e. The van der Waals surface area contributed by atoms with Gasteiger partial charge in [-0.15, -0.1) is 11.3 Å². The number of aryl methyl sites for hydroxylation is 2. The molecule has 0 spiro atoms. The fourth-order valence-corrected chi connectivity index (χ4v) is 3.79. The van der Waals surface area contributed by atoms with Crippen molar-refractivity contribution in [1.29, 1.82) is 0 Å². The molecule has 0 aliphatic carbocycles. The Morgan fingerprint density at radius 2 is 2.24 bits per heavy atom. The summed E-state index contributed by atoms with van der Waals surface area (Å²) in [4.78, 5) is 19.5. The molecule has 5 heteroatoms. The van der Waals surface area contributed by atoms with Crippen LogP contribution in [0.1, 0.15) is 37.9 Å². The van der Waals surface area contributed by atoms with E-state index in [4.69, 9.17) is 0 Å². The van der Waals surface area contributed by atoms with Crippen LogP contribution in [0.3, 0.4) is 0 Å². The number of rotatable bonds is 3. The van der Waals surface area contributed by atoms with Crippen molar-refractivity contribution in [2.24, 2.45) is 0 Å². The first kappa shape index (κ1) is 14.1. The van der Waals surface area contributed by atoms with Gasteiger partial charge in [-0.25, -0.2) is 9.78 Å². The first-order valence-electron chi connectivity index (χ1n) is 7.09. The van der Waals surface area contributed by atoms with E-state index in [1.807, 2.05) is 19.1 Å². The predicted molar refractivity (Wildman–Crippen MR) is 84.4 cm³/mol. The molecule has 2 aromatic rings. The van der Waals surface area contributed by atoms with Gasteiger partial charge in [0.1, 0.15) is 5.01 Å². The molecule has 0 radical (unpaired) electrons. The van der Waals surface area contributed by atoms with E-state index < -0.39 is 5.97 Å². The van der Waals surface area contributed by atoms with Gasteiger partial charge in [0, 0.05) is 17.1 Å². The Labute approximate surface area is 128 Å². The smallest absolute Gasteiger partial charge is 0.336 e. The summed E-state index contributed by atoms with van der Waals surface area (Å²) in [6.07, 6.45) is 1.82. The molecule has 21 heavy (non-hydrogen) atoms. The number of carboxylic acid groups (broad SMARTS) is 1. The molecule has 2 heterocycles. The molecule has 0 atom stereocenters. The van der Waals surface area contributed by atoms with Gasteiger partial charge in [0.15, 0.2) is 0 Å². The number of hydrogen-bond donors (Lipinski definition) is 1. The summed E-state index contributed by atoms with van der Waals surface area (Å²) in [5.74, 6) is -0.838. The standard InChI is InChI=1S/C16H18N2O2S/c1-10-11(2)21-15(17-10)9-18-8-4-6-12-13(16(19)20)5-3-7-14(12)18/h3,5,7H,4,6,8-9H2,1-2H3,(H,19,20). The Kier molecular flexibility index (Phi) is 3.68. The van der Waals surface area contributed by atoms with Gasteiger partial charge in [0.25, 0.3) is 0 Å². The Bertz CT molecular complexity index is 674. The van der Waals surface area contributed by atoms with Gasteiger partial charge < -0.3 is 10.0 Å². The average Bonchev–Trinajstić information content (AvgIpc) is 2.77. The van der Waals surface area contributed by atoms with Gasteiger partial charge in [-0.3, -0.25) is 0 Å². The van der Waals surface area contributed by atoms with Crippen molar-refractivity contribution < 1.29 is 9.90 Å². The summed E-state index contributed by atoms with van der Waals surface area (Å²) in [5.41, 5.74) is 3.53. The Morgan fingerprint density at radius 1 is 1.43 bits per heavy atom. The zero-order valence-electron chi connectivity index (χ0n) is 12.2. The molecule has 0 unspecified atom stereocenters. The summed E-state index contributed by atoms with van der Waals surface area (Å²) in [5, 5.41) is 10.4. The molecular weight excluding hydrogens is 284 g/mol. The second-order valence-corrected chi connectivity index (χ2v) is 6.67. The molecule has 0 saturated heterocycles. The molecule has 1 N–H and O–H groups in total. The van der Waals surface area contributed by atoms with Crippen LogP contribution in [0.2, 0.25) is 0 Å². The second kappa shape index (κ2) is 5.48. The van der Waals surface area contributed by atoms with E-state index in [1.165, 1.54) is 4.88 Å². The van der Waals surface area contributed by atoms with E-state index in [-0.39, 0.29) is 0 Å². The molecule has 0 fully saturated rings. The van der Waals surface area contributed by atoms with Crippen LogP contribution in [0.5, 0.6) is 0 Å². The van der Waals surface area contributed by atoms with E-state index in [2.05, 4.69) is 16.8 Å². The van der Waals surface area contributed by atoms with E-state index in [0.717, 1.165) is 47.9 Å². The maximum Gasteiger partial charge on any atom is 0.336 e. The maximum absolute atomic E-state index is 11.4. The third-order valence-corrected chi connectivity index (χ3v) is 5.03. The first-order chi connectivity index (χ1) is 10.1. The van der Waals surface area contributed by atoms with E-state index in [9.17, 15) is 9.90 Å². The molecular formula is C16H18N2O2S. The number of anilines is 1. The number of fused-ring (bicyclic) bond motifs is 1. The summed E-state index contributed by atoms with van der Waals surface area (Å²) < 4.78 is 0. The number of carboxylic acids is 1. The van der Waals surface area contributed by atoms with Crippen molar-refractivity contribution >= 4 is 23.0 Å². The highest BCUT2D eigenvalue weighted by molar-refractivity contribution is 7.11. The minimum absolute atomic E-state index is 0.434. The first-order valence-corrected chi connectivity index (χ1v) is 7.91. The zero-order chi connectivity index (χ0) is 15.0. The molecule has 0 bridgehead atoms. The molecule has 110 valence electrons. The van der Waals surface area contributed by atoms with Gasteiger partial charge in [-0.05, 0) is 44.4 Å². The summed E-state index contributed by atoms with van der Waals surface area (Å²) >= 11 is 1.72. The number of aromatic carboxylic acids is 1. The van der Waals surface area contributed by atoms with Crippen LogP contribution in [0.25, 0.3) is 0 Å². The summed E-state index contributed by atoms with van der Waals surface area (Å²) in [6.45, 7) is 5.83. The van der Waals surface area contributed by atoms with Crippen molar-refractivity contribution in [2.75, 3.05) is 11.4 Å². The molecule has 0 saturated carbocycles. The van der Waals surface area contributed by atoms with Crippen LogP contribution in [0.4, 0.5) is 5.69 Å². The van der Waals surface area contributed by atoms with Crippen LogP contribution in [0.15, 0.2) is 18.2 Å². The minimum atomic E-state index is -0.838. The molecule has 1 aliphatic rings. The van der Waals surface area contributed by atoms with E-state index >= 15 is 0 Å². The summed E-state index contributed by atoms with van der Waals surface area (Å²) in [7, 11) is 0. The second-order valence-electron chi connectivity index (χ2n) is 5.38. The van der Waals surface area contributed by atoms with Crippen LogP contribution in [0, 0.1) is 13.8 Å². The van der Waals surface area contributed by atoms with Crippen molar-refractivity contribution in [1.82, 2.24) is 4.98 Å². The van der Waals surface area contributed by atoms with Crippen LogP contribution < -0.4 is 4.90 Å². The lowest BCUT2D eigenvalue weighted by molar-refractivity contribution is 0.0695. The maximum atomic E-state index is 11.4. The molecule has 1 aliphatic heterocycles. The predicted octanol–water partition coefficient (Wildman–Crippen LogP) is 3.41. The number of aromatic nitrogens is 1. The SMILES string of the molecule is Cc1nc(CN2CCCc3c(C(=O)O)cccc32)sc1C. The molecule has 3 rings (SSSR count). The third kappa shape index (κ3) is 2.65. The van der Waals surface area contributed by atoms with Gasteiger partial charge >= 0.3 is 5.97 Å². The number of carbonyl (C=O) groups is 1. The zero-order valence-corrected chi connectivity index (χ0v) is 13.0. The number of nitrogens with zero attached hydrogens (tertiary/aromatic N) is 2. The molecule has 4 nitrogen and oxygen atoms in total. The Morgan fingerprint density at radius 3 is 2.90 bits per heavy atom. The van der Waals surface area contributed by atoms with Gasteiger partial charge in [-0.1, -0.05) is 6.07 Å². The lowest BCUT2D eigenvalue weighted by Gasteiger charge is -2.31. The van der Waals surface area contributed by atoms with Crippen LogP contribution >= 0.6 is 11.3 Å². The highest BCUT2D eigenvalue weighted by Gasteiger charge is 2.22. The fraction of sp³-hybridized carbons (Fsp3) is 0.375. The normalized spacial score (nSPS) is 14.1. The number of benzene rings is 1. The topological polar surface area (TPSA) is 53.4 Å². The molecule has 0 amide bonds. The van der Waals surface area contributed by atoms with E-state index in [0.29, 0.717) is 5.56 Å². The van der Waals surface area contributed by atoms with Gasteiger partial charge in [0.2, 0.25) is 0 Å². The monoisotopic (exact) mass is 302 g/mol. The molecule has 1 aromatic heterocycles. The van der Waals surface area contributed by atoms with Crippen LogP contribution in [-0.4, -0.2) is 22.6 Å². The van der Waals surface area contributed by atoms with Crippen molar-refractivity contribution in [3.63, 3.8) is 0 Å². The lowest BCUT2D eigenvalue weighted by atomic mass is 9.96. The van der Waals surface area contributed by atoms with Crippen LogP contribution in [-0.2, 0) is 13.0 Å². The van der Waals surface area contributed by atoms with Gasteiger partial charge in [-0.2, -0.15) is 0 Å². The van der Waals surface area contributed by atoms with Crippen molar-refractivity contribution in [3.05, 3.63) is 44.9 Å². The van der Waals surface area contributed by atoms with Crippen molar-refractivity contribution in [2.45, 2.75) is 33.2 Å². The minimum Gasteiger partial charge on any atom is -0.478 e. The molecule has 1 aromatic carbocycles. The fourth-order valence-electron chi connectivity index (χ4n) is 2.84. The lowest BCUT2D eigenvalue weighted by Crippen LogP contribution is -2.29.